The molecule has 0 saturated heterocycles. The molecule has 0 radical (unpaired) electrons. The molecular weight excluding hydrogens is 292 g/mol. The first-order valence-corrected chi connectivity index (χ1v) is 8.45. The molecule has 1 aromatic carbocycles. The Labute approximate surface area is 125 Å². The van der Waals surface area contributed by atoms with E-state index in [-0.39, 0.29) is 12.3 Å². The lowest BCUT2D eigenvalue weighted by Gasteiger charge is -2.11. The molecule has 118 valence electrons. The standard InChI is InChI=1S/C14H22N2O4S/c1-4-5-8-21(18,19)15-10-14(17)16-12-9-11(2)6-7-13(12)20-3/h6-7,9,15H,4-5,8,10H2,1-3H3,(H,16,17). The highest BCUT2D eigenvalue weighted by molar-refractivity contribution is 7.89. The number of sulfonamides is 1. The third kappa shape index (κ3) is 6.14. The Morgan fingerprint density at radius 2 is 2.05 bits per heavy atom. The fourth-order valence-corrected chi connectivity index (χ4v) is 2.86. The molecule has 0 fully saturated rings. The van der Waals surface area contributed by atoms with Gasteiger partial charge in [-0.25, -0.2) is 13.1 Å². The number of hydrogen-bond donors (Lipinski definition) is 2. The molecule has 1 rings (SSSR count). The summed E-state index contributed by atoms with van der Waals surface area (Å²) in [5.41, 5.74) is 1.49. The summed E-state index contributed by atoms with van der Waals surface area (Å²) in [6.07, 6.45) is 1.36. The average molecular weight is 314 g/mol. The molecule has 7 heteroatoms. The molecule has 0 aliphatic heterocycles. The van der Waals surface area contributed by atoms with E-state index in [4.69, 9.17) is 4.74 Å². The third-order valence-electron chi connectivity index (χ3n) is 2.85. The molecule has 6 nitrogen and oxygen atoms in total. The summed E-state index contributed by atoms with van der Waals surface area (Å²) in [7, 11) is -1.89. The molecule has 0 unspecified atom stereocenters. The van der Waals surface area contributed by atoms with Crippen molar-refractivity contribution in [1.82, 2.24) is 4.72 Å². The second kappa shape index (κ2) is 7.99. The number of unbranched alkanes of at least 4 members (excludes halogenated alkanes) is 1. The lowest BCUT2D eigenvalue weighted by Crippen LogP contribution is -2.34. The van der Waals surface area contributed by atoms with Gasteiger partial charge in [0.15, 0.2) is 0 Å². The van der Waals surface area contributed by atoms with Gasteiger partial charge < -0.3 is 10.1 Å². The SMILES string of the molecule is CCCCS(=O)(=O)NCC(=O)Nc1cc(C)ccc1OC. The van der Waals surface area contributed by atoms with Crippen molar-refractivity contribution in [3.8, 4) is 5.75 Å². The maximum Gasteiger partial charge on any atom is 0.239 e. The van der Waals surface area contributed by atoms with Crippen LogP contribution in [0.3, 0.4) is 0 Å². The minimum Gasteiger partial charge on any atom is -0.495 e. The highest BCUT2D eigenvalue weighted by atomic mass is 32.2. The quantitative estimate of drug-likeness (QED) is 0.764. The van der Waals surface area contributed by atoms with Crippen molar-refractivity contribution in [2.45, 2.75) is 26.7 Å². The highest BCUT2D eigenvalue weighted by Crippen LogP contribution is 2.24. The first-order valence-electron chi connectivity index (χ1n) is 6.79. The van der Waals surface area contributed by atoms with Crippen LogP contribution in [0, 0.1) is 6.92 Å². The summed E-state index contributed by atoms with van der Waals surface area (Å²) in [6.45, 7) is 3.51. The number of anilines is 1. The first kappa shape index (κ1) is 17.5. The monoisotopic (exact) mass is 314 g/mol. The molecule has 1 amide bonds. The lowest BCUT2D eigenvalue weighted by atomic mass is 10.2. The maximum absolute atomic E-state index is 11.8. The Kier molecular flexibility index (Phi) is 6.64. The molecule has 1 aromatic rings. The highest BCUT2D eigenvalue weighted by Gasteiger charge is 2.13. The van der Waals surface area contributed by atoms with Gasteiger partial charge in [0, 0.05) is 0 Å². The zero-order chi connectivity index (χ0) is 15.9. The molecule has 0 aliphatic rings. The summed E-state index contributed by atoms with van der Waals surface area (Å²) in [5.74, 6) is 0.131. The van der Waals surface area contributed by atoms with Gasteiger partial charge in [0.25, 0.3) is 0 Å². The van der Waals surface area contributed by atoms with Crippen molar-refractivity contribution in [2.75, 3.05) is 24.7 Å². The number of aryl methyl sites for hydroxylation is 1. The fraction of sp³-hybridized carbons (Fsp3) is 0.500. The summed E-state index contributed by atoms with van der Waals surface area (Å²) in [4.78, 5) is 11.8. The topological polar surface area (TPSA) is 84.5 Å². The number of rotatable bonds is 8. The zero-order valence-corrected chi connectivity index (χ0v) is 13.4. The lowest BCUT2D eigenvalue weighted by molar-refractivity contribution is -0.115. The van der Waals surface area contributed by atoms with Gasteiger partial charge in [-0.05, 0) is 31.0 Å². The van der Waals surface area contributed by atoms with Crippen LogP contribution in [0.5, 0.6) is 5.75 Å². The van der Waals surface area contributed by atoms with Gasteiger partial charge in [0.1, 0.15) is 5.75 Å². The van der Waals surface area contributed by atoms with E-state index in [0.717, 1.165) is 12.0 Å². The smallest absolute Gasteiger partial charge is 0.239 e. The average Bonchev–Trinajstić information content (AvgIpc) is 2.43. The summed E-state index contributed by atoms with van der Waals surface area (Å²) < 4.78 is 30.6. The van der Waals surface area contributed by atoms with Crippen molar-refractivity contribution < 1.29 is 17.9 Å². The van der Waals surface area contributed by atoms with E-state index in [1.165, 1.54) is 7.11 Å². The van der Waals surface area contributed by atoms with E-state index < -0.39 is 15.9 Å². The van der Waals surface area contributed by atoms with Crippen molar-refractivity contribution in [2.24, 2.45) is 0 Å². The number of nitrogens with one attached hydrogen (secondary N) is 2. The van der Waals surface area contributed by atoms with Gasteiger partial charge in [0.2, 0.25) is 15.9 Å². The minimum atomic E-state index is -3.40. The second-order valence-corrected chi connectivity index (χ2v) is 6.67. The van der Waals surface area contributed by atoms with Gasteiger partial charge in [-0.1, -0.05) is 19.4 Å². The Balaban J connectivity index is 2.60. The van der Waals surface area contributed by atoms with Crippen LogP contribution in [0.4, 0.5) is 5.69 Å². The van der Waals surface area contributed by atoms with E-state index >= 15 is 0 Å². The Morgan fingerprint density at radius 1 is 1.33 bits per heavy atom. The fourth-order valence-electron chi connectivity index (χ4n) is 1.70. The molecule has 0 aliphatic carbocycles. The van der Waals surface area contributed by atoms with E-state index in [1.54, 1.807) is 12.1 Å². The van der Waals surface area contributed by atoms with E-state index in [9.17, 15) is 13.2 Å². The number of amides is 1. The van der Waals surface area contributed by atoms with Crippen LogP contribution in [-0.4, -0.2) is 33.7 Å². The number of ether oxygens (including phenoxy) is 1. The minimum absolute atomic E-state index is 0.0323. The summed E-state index contributed by atoms with van der Waals surface area (Å²) in [6, 6.07) is 5.38. The van der Waals surface area contributed by atoms with Crippen LogP contribution in [0.15, 0.2) is 18.2 Å². The van der Waals surface area contributed by atoms with Crippen LogP contribution >= 0.6 is 0 Å². The summed E-state index contributed by atoms with van der Waals surface area (Å²) in [5, 5.41) is 2.64. The van der Waals surface area contributed by atoms with E-state index in [2.05, 4.69) is 10.0 Å². The van der Waals surface area contributed by atoms with Crippen molar-refractivity contribution in [1.29, 1.82) is 0 Å². The van der Waals surface area contributed by atoms with Crippen LogP contribution in [-0.2, 0) is 14.8 Å². The van der Waals surface area contributed by atoms with Gasteiger partial charge in [-0.15, -0.1) is 0 Å². The molecule has 0 saturated carbocycles. The van der Waals surface area contributed by atoms with Gasteiger partial charge in [0.05, 0.1) is 25.1 Å². The normalized spacial score (nSPS) is 11.2. The Hall–Kier alpha value is -1.60. The molecule has 2 N–H and O–H groups in total. The Morgan fingerprint density at radius 3 is 2.67 bits per heavy atom. The van der Waals surface area contributed by atoms with Crippen molar-refractivity contribution in [3.63, 3.8) is 0 Å². The molecule has 0 aromatic heterocycles. The van der Waals surface area contributed by atoms with Crippen molar-refractivity contribution >= 4 is 21.6 Å². The number of hydrogen-bond acceptors (Lipinski definition) is 4. The first-order chi connectivity index (χ1) is 9.88. The summed E-state index contributed by atoms with van der Waals surface area (Å²) >= 11 is 0. The third-order valence-corrected chi connectivity index (χ3v) is 4.26. The predicted molar refractivity (Wildman–Crippen MR) is 83.1 cm³/mol. The maximum atomic E-state index is 11.8. The predicted octanol–water partition coefficient (Wildman–Crippen LogP) is 1.66. The number of methoxy groups -OCH3 is 1. The van der Waals surface area contributed by atoms with E-state index in [0.29, 0.717) is 17.9 Å². The van der Waals surface area contributed by atoms with Gasteiger partial charge in [-0.3, -0.25) is 4.79 Å². The van der Waals surface area contributed by atoms with Crippen LogP contribution in [0.2, 0.25) is 0 Å². The van der Waals surface area contributed by atoms with Crippen molar-refractivity contribution in [3.05, 3.63) is 23.8 Å². The number of carbonyl (C=O) groups excluding carboxylic acids is 1. The molecule has 21 heavy (non-hydrogen) atoms. The molecule has 0 spiro atoms. The number of benzene rings is 1. The van der Waals surface area contributed by atoms with Crippen LogP contribution < -0.4 is 14.8 Å². The van der Waals surface area contributed by atoms with Gasteiger partial charge in [-0.2, -0.15) is 0 Å². The van der Waals surface area contributed by atoms with Gasteiger partial charge >= 0.3 is 0 Å². The Bertz CT molecular complexity index is 585. The van der Waals surface area contributed by atoms with E-state index in [1.807, 2.05) is 19.9 Å². The molecule has 0 bridgehead atoms. The molecule has 0 heterocycles. The molecule has 0 atom stereocenters. The zero-order valence-electron chi connectivity index (χ0n) is 12.6. The van der Waals surface area contributed by atoms with Crippen LogP contribution in [0.25, 0.3) is 0 Å². The number of carbonyl (C=O) groups is 1. The molecular formula is C14H22N2O4S. The second-order valence-electron chi connectivity index (χ2n) is 4.75. The van der Waals surface area contributed by atoms with Crippen LogP contribution in [0.1, 0.15) is 25.3 Å². The largest absolute Gasteiger partial charge is 0.495 e.